The van der Waals surface area contributed by atoms with Gasteiger partial charge in [0.2, 0.25) is 0 Å². The standard InChI is InChI=1S/C15H24N2O/c1-13(2)17-9-8-16-15(10-17)12-18-11-14-6-4-3-5-7-14/h3-7,13,15-16H,8-12H2,1-2H3. The molecule has 1 saturated heterocycles. The predicted molar refractivity (Wildman–Crippen MR) is 74.6 cm³/mol. The number of hydrogen-bond donors (Lipinski definition) is 1. The van der Waals surface area contributed by atoms with Gasteiger partial charge >= 0.3 is 0 Å². The third-order valence-corrected chi connectivity index (χ3v) is 3.45. The smallest absolute Gasteiger partial charge is 0.0717 e. The van der Waals surface area contributed by atoms with E-state index in [1.807, 2.05) is 6.07 Å². The summed E-state index contributed by atoms with van der Waals surface area (Å²) < 4.78 is 5.80. The zero-order valence-electron chi connectivity index (χ0n) is 11.4. The number of rotatable bonds is 5. The van der Waals surface area contributed by atoms with Gasteiger partial charge in [0.05, 0.1) is 13.2 Å². The Kier molecular flexibility index (Phi) is 5.17. The molecule has 0 bridgehead atoms. The van der Waals surface area contributed by atoms with Crippen molar-refractivity contribution in [3.8, 4) is 0 Å². The summed E-state index contributed by atoms with van der Waals surface area (Å²) in [5, 5.41) is 3.52. The molecule has 0 amide bonds. The average molecular weight is 248 g/mol. The van der Waals surface area contributed by atoms with E-state index in [2.05, 4.69) is 48.3 Å². The average Bonchev–Trinajstić information content (AvgIpc) is 2.40. The fourth-order valence-corrected chi connectivity index (χ4v) is 2.33. The summed E-state index contributed by atoms with van der Waals surface area (Å²) in [7, 11) is 0. The molecule has 0 saturated carbocycles. The molecule has 1 aliphatic heterocycles. The molecule has 1 fully saturated rings. The second-order valence-corrected chi connectivity index (χ2v) is 5.24. The molecule has 3 nitrogen and oxygen atoms in total. The number of benzene rings is 1. The van der Waals surface area contributed by atoms with E-state index in [1.165, 1.54) is 5.56 Å². The zero-order chi connectivity index (χ0) is 12.8. The lowest BCUT2D eigenvalue weighted by Crippen LogP contribution is -2.54. The zero-order valence-corrected chi connectivity index (χ0v) is 11.4. The third kappa shape index (κ3) is 4.09. The van der Waals surface area contributed by atoms with Crippen molar-refractivity contribution in [2.24, 2.45) is 0 Å². The first kappa shape index (κ1) is 13.5. The van der Waals surface area contributed by atoms with Crippen LogP contribution in [-0.2, 0) is 11.3 Å². The Hall–Kier alpha value is -0.900. The molecular formula is C15H24N2O. The van der Waals surface area contributed by atoms with Gasteiger partial charge in [0.25, 0.3) is 0 Å². The van der Waals surface area contributed by atoms with Gasteiger partial charge in [0, 0.05) is 31.7 Å². The summed E-state index contributed by atoms with van der Waals surface area (Å²) in [6.45, 7) is 9.32. The molecule has 1 aliphatic rings. The van der Waals surface area contributed by atoms with Crippen molar-refractivity contribution in [1.29, 1.82) is 0 Å². The summed E-state index contributed by atoms with van der Waals surface area (Å²) in [5.41, 5.74) is 1.24. The van der Waals surface area contributed by atoms with Gasteiger partial charge in [-0.15, -0.1) is 0 Å². The molecule has 18 heavy (non-hydrogen) atoms. The van der Waals surface area contributed by atoms with Gasteiger partial charge in [-0.3, -0.25) is 4.90 Å². The van der Waals surface area contributed by atoms with Crippen LogP contribution in [0.1, 0.15) is 19.4 Å². The topological polar surface area (TPSA) is 24.5 Å². The molecular weight excluding hydrogens is 224 g/mol. The van der Waals surface area contributed by atoms with Crippen LogP contribution in [0.5, 0.6) is 0 Å². The minimum atomic E-state index is 0.463. The first-order chi connectivity index (χ1) is 8.75. The van der Waals surface area contributed by atoms with Crippen molar-refractivity contribution in [3.63, 3.8) is 0 Å². The second kappa shape index (κ2) is 6.88. The lowest BCUT2D eigenvalue weighted by molar-refractivity contribution is 0.0642. The number of nitrogens with one attached hydrogen (secondary N) is 1. The van der Waals surface area contributed by atoms with Crippen LogP contribution in [0, 0.1) is 0 Å². The highest BCUT2D eigenvalue weighted by Crippen LogP contribution is 2.06. The van der Waals surface area contributed by atoms with Crippen molar-refractivity contribution in [3.05, 3.63) is 35.9 Å². The summed E-state index contributed by atoms with van der Waals surface area (Å²) in [6.07, 6.45) is 0. The molecule has 1 aromatic carbocycles. The van der Waals surface area contributed by atoms with E-state index in [0.29, 0.717) is 18.7 Å². The van der Waals surface area contributed by atoms with Crippen LogP contribution in [0.4, 0.5) is 0 Å². The molecule has 100 valence electrons. The Morgan fingerprint density at radius 3 is 2.83 bits per heavy atom. The minimum Gasteiger partial charge on any atom is -0.375 e. The predicted octanol–water partition coefficient (Wildman–Crippen LogP) is 1.89. The van der Waals surface area contributed by atoms with Gasteiger partial charge in [-0.05, 0) is 19.4 Å². The van der Waals surface area contributed by atoms with Crippen LogP contribution in [0.3, 0.4) is 0 Å². The summed E-state index contributed by atoms with van der Waals surface area (Å²) >= 11 is 0. The minimum absolute atomic E-state index is 0.463. The van der Waals surface area contributed by atoms with Gasteiger partial charge in [-0.25, -0.2) is 0 Å². The van der Waals surface area contributed by atoms with Crippen LogP contribution in [0.2, 0.25) is 0 Å². The second-order valence-electron chi connectivity index (χ2n) is 5.24. The molecule has 0 aromatic heterocycles. The summed E-state index contributed by atoms with van der Waals surface area (Å²) in [6, 6.07) is 11.4. The van der Waals surface area contributed by atoms with E-state index < -0.39 is 0 Å². The number of piperazine rings is 1. The maximum atomic E-state index is 5.80. The molecule has 1 N–H and O–H groups in total. The molecule has 3 heteroatoms. The fourth-order valence-electron chi connectivity index (χ4n) is 2.33. The molecule has 0 spiro atoms. The van der Waals surface area contributed by atoms with Gasteiger partial charge in [0.1, 0.15) is 0 Å². The maximum Gasteiger partial charge on any atom is 0.0717 e. The van der Waals surface area contributed by atoms with E-state index in [9.17, 15) is 0 Å². The van der Waals surface area contributed by atoms with Crippen molar-refractivity contribution in [2.45, 2.75) is 32.5 Å². The Labute approximate surface area is 110 Å². The van der Waals surface area contributed by atoms with Crippen LogP contribution in [0.25, 0.3) is 0 Å². The molecule has 1 heterocycles. The van der Waals surface area contributed by atoms with Crippen LogP contribution < -0.4 is 5.32 Å². The van der Waals surface area contributed by atoms with E-state index >= 15 is 0 Å². The van der Waals surface area contributed by atoms with E-state index in [4.69, 9.17) is 4.74 Å². The summed E-state index contributed by atoms with van der Waals surface area (Å²) in [5.74, 6) is 0. The molecule has 1 aromatic rings. The summed E-state index contributed by atoms with van der Waals surface area (Å²) in [4.78, 5) is 2.51. The van der Waals surface area contributed by atoms with Gasteiger partial charge in [-0.2, -0.15) is 0 Å². The molecule has 0 radical (unpaired) electrons. The van der Waals surface area contributed by atoms with Gasteiger partial charge in [0.15, 0.2) is 0 Å². The largest absolute Gasteiger partial charge is 0.375 e. The van der Waals surface area contributed by atoms with Crippen LogP contribution in [0.15, 0.2) is 30.3 Å². The Balaban J connectivity index is 1.70. The van der Waals surface area contributed by atoms with Crippen LogP contribution in [-0.4, -0.2) is 43.2 Å². The third-order valence-electron chi connectivity index (χ3n) is 3.45. The van der Waals surface area contributed by atoms with E-state index in [0.717, 1.165) is 26.2 Å². The van der Waals surface area contributed by atoms with Crippen molar-refractivity contribution in [1.82, 2.24) is 10.2 Å². The van der Waals surface area contributed by atoms with E-state index in [1.54, 1.807) is 0 Å². The van der Waals surface area contributed by atoms with Crippen molar-refractivity contribution < 1.29 is 4.74 Å². The van der Waals surface area contributed by atoms with Crippen molar-refractivity contribution >= 4 is 0 Å². The monoisotopic (exact) mass is 248 g/mol. The lowest BCUT2D eigenvalue weighted by Gasteiger charge is -2.36. The van der Waals surface area contributed by atoms with Crippen LogP contribution >= 0.6 is 0 Å². The molecule has 2 rings (SSSR count). The first-order valence-corrected chi connectivity index (χ1v) is 6.85. The Bertz CT molecular complexity index is 340. The first-order valence-electron chi connectivity index (χ1n) is 6.85. The number of nitrogens with zero attached hydrogens (tertiary/aromatic N) is 1. The van der Waals surface area contributed by atoms with Gasteiger partial charge < -0.3 is 10.1 Å². The fraction of sp³-hybridized carbons (Fsp3) is 0.600. The highest BCUT2D eigenvalue weighted by molar-refractivity contribution is 5.13. The highest BCUT2D eigenvalue weighted by atomic mass is 16.5. The van der Waals surface area contributed by atoms with Gasteiger partial charge in [-0.1, -0.05) is 30.3 Å². The Morgan fingerprint density at radius 1 is 1.33 bits per heavy atom. The maximum absolute atomic E-state index is 5.80. The molecule has 1 unspecified atom stereocenters. The molecule has 1 atom stereocenters. The highest BCUT2D eigenvalue weighted by Gasteiger charge is 2.20. The number of ether oxygens (including phenoxy) is 1. The lowest BCUT2D eigenvalue weighted by atomic mass is 10.2. The quantitative estimate of drug-likeness (QED) is 0.861. The molecule has 0 aliphatic carbocycles. The Morgan fingerprint density at radius 2 is 2.11 bits per heavy atom. The van der Waals surface area contributed by atoms with E-state index in [-0.39, 0.29) is 0 Å². The van der Waals surface area contributed by atoms with Crippen molar-refractivity contribution in [2.75, 3.05) is 26.2 Å². The number of hydrogen-bond acceptors (Lipinski definition) is 3. The SMILES string of the molecule is CC(C)N1CCNC(COCc2ccccc2)C1. The normalized spacial score (nSPS) is 21.4.